The molecule has 0 spiro atoms. The van der Waals surface area contributed by atoms with Crippen LogP contribution in [0.3, 0.4) is 0 Å². The number of fused-ring (bicyclic) bond motifs is 3. The van der Waals surface area contributed by atoms with Gasteiger partial charge >= 0.3 is 12.3 Å². The quantitative estimate of drug-likeness (QED) is 0.299. The highest BCUT2D eigenvalue weighted by atomic mass is 32.2. The number of ether oxygens (including phenoxy) is 2. The maximum absolute atomic E-state index is 14.3. The van der Waals surface area contributed by atoms with Crippen molar-refractivity contribution >= 4 is 44.9 Å². The van der Waals surface area contributed by atoms with Crippen molar-refractivity contribution in [3.63, 3.8) is 0 Å². The van der Waals surface area contributed by atoms with E-state index in [1.165, 1.54) is 32.2 Å². The number of halogens is 3. The lowest BCUT2D eigenvalue weighted by atomic mass is 9.88. The van der Waals surface area contributed by atoms with Gasteiger partial charge in [0.15, 0.2) is 0 Å². The number of carboxylic acid groups (broad SMARTS) is 1. The van der Waals surface area contributed by atoms with Gasteiger partial charge in [0.05, 0.1) is 29.4 Å². The maximum atomic E-state index is 14.3. The van der Waals surface area contributed by atoms with E-state index < -0.39 is 98.4 Å². The van der Waals surface area contributed by atoms with Gasteiger partial charge in [-0.2, -0.15) is 13.2 Å². The number of allylic oxidation sites excluding steroid dienone is 1. The molecule has 7 atom stereocenters. The first-order valence-corrected chi connectivity index (χ1v) is 19.2. The number of sulfonamides is 1. The van der Waals surface area contributed by atoms with Gasteiger partial charge in [-0.05, 0) is 69.4 Å². The summed E-state index contributed by atoms with van der Waals surface area (Å²) >= 11 is 0. The SMILES string of the molecule is COc1ccc2nc(C(F)(F)F)c(O[C@@H]3C[C@H]4C(=O)N[C@]5(C(=O)NS(=O)(=O)C6(C)CC6)C[C@H]5C=CCC[C@@H](C)C[C@@H](C)[C@H](NC(=O)O)C(=O)N4C3)nc2c1. The number of hydrogen-bond donors (Lipinski definition) is 4. The molecule has 4 aliphatic rings. The number of rotatable bonds is 7. The third-order valence-corrected chi connectivity index (χ3v) is 13.1. The summed E-state index contributed by atoms with van der Waals surface area (Å²) in [5.74, 6) is -4.44. The molecule has 4 amide bonds. The van der Waals surface area contributed by atoms with Crippen molar-refractivity contribution in [1.82, 2.24) is 30.2 Å². The van der Waals surface area contributed by atoms with E-state index >= 15 is 0 Å². The monoisotopic (exact) mass is 780 g/mol. The molecule has 0 unspecified atom stereocenters. The van der Waals surface area contributed by atoms with E-state index in [0.717, 1.165) is 4.90 Å². The zero-order valence-electron chi connectivity index (χ0n) is 30.1. The van der Waals surface area contributed by atoms with Crippen LogP contribution in [-0.4, -0.2) is 94.3 Å². The second-order valence-corrected chi connectivity index (χ2v) is 17.3. The number of methoxy groups -OCH3 is 1. The minimum atomic E-state index is -5.01. The number of carbonyl (C=O) groups is 4. The summed E-state index contributed by atoms with van der Waals surface area (Å²) in [4.78, 5) is 63.1. The summed E-state index contributed by atoms with van der Waals surface area (Å²) in [6, 6.07) is 1.27. The lowest BCUT2D eigenvalue weighted by Gasteiger charge is -2.32. The Morgan fingerprint density at radius 1 is 1.11 bits per heavy atom. The van der Waals surface area contributed by atoms with E-state index in [4.69, 9.17) is 9.47 Å². The maximum Gasteiger partial charge on any atom is 0.438 e. The van der Waals surface area contributed by atoms with Crippen LogP contribution in [0.25, 0.3) is 11.0 Å². The van der Waals surface area contributed by atoms with Crippen LogP contribution in [0.15, 0.2) is 30.4 Å². The van der Waals surface area contributed by atoms with Crippen LogP contribution in [0.1, 0.15) is 71.4 Å². The summed E-state index contributed by atoms with van der Waals surface area (Å²) < 4.78 is 81.1. The van der Waals surface area contributed by atoms with Crippen molar-refractivity contribution in [2.45, 2.75) is 100 Å². The van der Waals surface area contributed by atoms with Crippen LogP contribution in [0.5, 0.6) is 11.6 Å². The lowest BCUT2D eigenvalue weighted by molar-refractivity contribution is -0.143. The molecule has 4 N–H and O–H groups in total. The van der Waals surface area contributed by atoms with Gasteiger partial charge in [-0.1, -0.05) is 26.0 Å². The molecule has 1 saturated heterocycles. The summed E-state index contributed by atoms with van der Waals surface area (Å²) in [6.07, 6.45) is -2.22. The number of amides is 4. The first-order valence-electron chi connectivity index (χ1n) is 17.7. The van der Waals surface area contributed by atoms with Gasteiger partial charge < -0.3 is 30.1 Å². The topological polar surface area (TPSA) is 206 Å². The molecule has 1 aromatic carbocycles. The zero-order chi connectivity index (χ0) is 39.4. The van der Waals surface area contributed by atoms with Crippen molar-refractivity contribution in [1.29, 1.82) is 0 Å². The molecule has 1 aromatic heterocycles. The normalized spacial score (nSPS) is 29.9. The van der Waals surface area contributed by atoms with Gasteiger partial charge in [0.25, 0.3) is 5.91 Å². The minimum absolute atomic E-state index is 0.00784. The van der Waals surface area contributed by atoms with Crippen molar-refractivity contribution < 1.29 is 55.3 Å². The fourth-order valence-electron chi connectivity index (χ4n) is 7.30. The molecule has 3 heterocycles. The lowest BCUT2D eigenvalue weighted by Crippen LogP contribution is -2.59. The number of benzene rings is 1. The van der Waals surface area contributed by atoms with Gasteiger partial charge in [-0.15, -0.1) is 0 Å². The number of carbonyl (C=O) groups excluding carboxylic acids is 3. The van der Waals surface area contributed by atoms with Gasteiger partial charge in [0.1, 0.15) is 29.5 Å². The average Bonchev–Trinajstić information content (AvgIpc) is 3.97. The Hall–Kier alpha value is -4.68. The summed E-state index contributed by atoms with van der Waals surface area (Å²) in [7, 11) is -2.74. The Labute approximate surface area is 309 Å². The molecular weight excluding hydrogens is 737 g/mol. The van der Waals surface area contributed by atoms with Crippen molar-refractivity contribution in [2.24, 2.45) is 17.8 Å². The van der Waals surface area contributed by atoms with E-state index in [1.54, 1.807) is 13.0 Å². The first kappa shape index (κ1) is 39.0. The third kappa shape index (κ3) is 7.77. The largest absolute Gasteiger partial charge is 0.497 e. The zero-order valence-corrected chi connectivity index (χ0v) is 30.9. The molecule has 294 valence electrons. The molecule has 6 rings (SSSR count). The van der Waals surface area contributed by atoms with Crippen LogP contribution < -0.4 is 24.8 Å². The van der Waals surface area contributed by atoms with E-state index in [0.29, 0.717) is 37.9 Å². The van der Waals surface area contributed by atoms with Crippen LogP contribution >= 0.6 is 0 Å². The molecule has 19 heteroatoms. The molecule has 0 radical (unpaired) electrons. The molecule has 2 aliphatic heterocycles. The number of nitrogens with zero attached hydrogens (tertiary/aromatic N) is 3. The van der Waals surface area contributed by atoms with Crippen LogP contribution in [0, 0.1) is 17.8 Å². The van der Waals surface area contributed by atoms with Gasteiger partial charge in [-0.25, -0.2) is 23.2 Å². The Balaban J connectivity index is 1.37. The average molecular weight is 781 g/mol. The molecule has 2 aliphatic carbocycles. The predicted molar refractivity (Wildman–Crippen MR) is 186 cm³/mol. The highest BCUT2D eigenvalue weighted by Crippen LogP contribution is 2.48. The highest BCUT2D eigenvalue weighted by molar-refractivity contribution is 7.91. The highest BCUT2D eigenvalue weighted by Gasteiger charge is 2.63. The molecular formula is C35H43F3N6O9S. The van der Waals surface area contributed by atoms with Crippen LogP contribution in [0.2, 0.25) is 0 Å². The molecule has 54 heavy (non-hydrogen) atoms. The molecule has 3 fully saturated rings. The van der Waals surface area contributed by atoms with E-state index in [-0.39, 0.29) is 29.8 Å². The number of alkyl halides is 3. The van der Waals surface area contributed by atoms with E-state index in [9.17, 15) is 45.9 Å². The minimum Gasteiger partial charge on any atom is -0.497 e. The number of nitrogens with one attached hydrogen (secondary N) is 3. The first-order chi connectivity index (χ1) is 25.3. The summed E-state index contributed by atoms with van der Waals surface area (Å²) in [5, 5.41) is 14.7. The Bertz CT molecular complexity index is 1990. The summed E-state index contributed by atoms with van der Waals surface area (Å²) in [5.41, 5.74) is -3.22. The van der Waals surface area contributed by atoms with Crippen LogP contribution in [-0.2, 0) is 30.6 Å². The van der Waals surface area contributed by atoms with Crippen molar-refractivity contribution in [2.75, 3.05) is 13.7 Å². The standard InChI is InChI=1S/C35H43F3N6O9S/c1-18-7-5-6-8-20-16-34(20,31(47)43-54(50,51)33(3)11-12-33)42-28(45)25-15-22(17-44(25)30(46)26(19(2)13-18)41-32(48)49)53-29-27(35(36,37)38)39-23-10-9-21(52-4)14-24(23)40-29/h6,8-10,14,18-20,22,25-26,41H,5,7,11-13,15-17H2,1-4H3,(H,42,45)(H,43,47)(H,48,49)/t18-,19-,20-,22-,25+,26+,34-/m1/s1. The number of hydrogen-bond acceptors (Lipinski definition) is 10. The predicted octanol–water partition coefficient (Wildman–Crippen LogP) is 3.53. The Kier molecular flexibility index (Phi) is 10.3. The molecule has 2 saturated carbocycles. The van der Waals surface area contributed by atoms with Gasteiger partial charge in [0.2, 0.25) is 33.4 Å². The van der Waals surface area contributed by atoms with Gasteiger partial charge in [-0.3, -0.25) is 19.1 Å². The second-order valence-electron chi connectivity index (χ2n) is 15.1. The molecule has 0 bridgehead atoms. The Morgan fingerprint density at radius 2 is 1.83 bits per heavy atom. The Morgan fingerprint density at radius 3 is 2.48 bits per heavy atom. The van der Waals surface area contributed by atoms with Crippen LogP contribution in [0.4, 0.5) is 18.0 Å². The third-order valence-electron chi connectivity index (χ3n) is 10.9. The molecule has 2 aromatic rings. The smallest absolute Gasteiger partial charge is 0.438 e. The second kappa shape index (κ2) is 14.2. The van der Waals surface area contributed by atoms with Crippen molar-refractivity contribution in [3.05, 3.63) is 36.0 Å². The molecule has 15 nitrogen and oxygen atoms in total. The van der Waals surface area contributed by atoms with Gasteiger partial charge in [0, 0.05) is 18.4 Å². The fourth-order valence-corrected chi connectivity index (χ4v) is 8.61. The van der Waals surface area contributed by atoms with E-state index in [2.05, 4.69) is 25.3 Å². The number of aromatic nitrogens is 2. The van der Waals surface area contributed by atoms with Crippen molar-refractivity contribution in [3.8, 4) is 11.6 Å². The summed E-state index contributed by atoms with van der Waals surface area (Å²) in [6.45, 7) is 4.67. The van der Waals surface area contributed by atoms with E-state index in [1.807, 2.05) is 13.0 Å². The fraction of sp³-hybridized carbons (Fsp3) is 0.600.